The van der Waals surface area contributed by atoms with Crippen molar-refractivity contribution in [3.8, 4) is 0 Å². The quantitative estimate of drug-likeness (QED) is 0.849. The van der Waals surface area contributed by atoms with Gasteiger partial charge in [0.05, 0.1) is 17.7 Å². The largest absolute Gasteiger partial charge is 0.383 e. The van der Waals surface area contributed by atoms with Gasteiger partial charge in [0.15, 0.2) is 0 Å². The van der Waals surface area contributed by atoms with E-state index in [4.69, 9.17) is 4.74 Å². The van der Waals surface area contributed by atoms with Crippen molar-refractivity contribution in [2.75, 3.05) is 31.7 Å². The van der Waals surface area contributed by atoms with Gasteiger partial charge in [-0.3, -0.25) is 14.6 Å². The second kappa shape index (κ2) is 7.23. The number of anilines is 1. The summed E-state index contributed by atoms with van der Waals surface area (Å²) in [6.07, 6.45) is 3.79. The molecular formula is C18H19N3O3. The molecule has 1 N–H and O–H groups in total. The topological polar surface area (TPSA) is 71.5 Å². The summed E-state index contributed by atoms with van der Waals surface area (Å²) in [5.74, 6) is -0.407. The van der Waals surface area contributed by atoms with Gasteiger partial charge in [0.1, 0.15) is 0 Å². The maximum atomic E-state index is 12.8. The normalized spacial score (nSPS) is 12.8. The number of methoxy groups -OCH3 is 1. The molecule has 6 nitrogen and oxygen atoms in total. The fraction of sp³-hybridized carbons (Fsp3) is 0.278. The molecule has 0 bridgehead atoms. The summed E-state index contributed by atoms with van der Waals surface area (Å²) < 4.78 is 4.90. The number of amides is 2. The Balaban J connectivity index is 1.77. The number of hydrogen-bond acceptors (Lipinski definition) is 4. The number of nitrogens with one attached hydrogen (secondary N) is 1. The summed E-state index contributed by atoms with van der Waals surface area (Å²) >= 11 is 0. The van der Waals surface area contributed by atoms with Gasteiger partial charge in [-0.05, 0) is 24.1 Å². The predicted octanol–water partition coefficient (Wildman–Crippen LogP) is 1.66. The second-order valence-electron chi connectivity index (χ2n) is 5.55. The van der Waals surface area contributed by atoms with Crippen LogP contribution in [0.5, 0.6) is 0 Å². The van der Waals surface area contributed by atoms with E-state index in [2.05, 4.69) is 10.3 Å². The van der Waals surface area contributed by atoms with Gasteiger partial charge in [0.25, 0.3) is 11.8 Å². The smallest absolute Gasteiger partial charge is 0.259 e. The minimum Gasteiger partial charge on any atom is -0.383 e. The molecular weight excluding hydrogens is 306 g/mol. The highest BCUT2D eigenvalue weighted by atomic mass is 16.5. The zero-order chi connectivity index (χ0) is 16.9. The summed E-state index contributed by atoms with van der Waals surface area (Å²) in [4.78, 5) is 30.6. The van der Waals surface area contributed by atoms with Crippen LogP contribution in [0.15, 0.2) is 42.7 Å². The first kappa shape index (κ1) is 16.1. The van der Waals surface area contributed by atoms with Crippen LogP contribution in [0.3, 0.4) is 0 Å². The number of carbonyl (C=O) groups is 2. The van der Waals surface area contributed by atoms with Gasteiger partial charge in [-0.2, -0.15) is 0 Å². The Morgan fingerprint density at radius 2 is 2.04 bits per heavy atom. The summed E-state index contributed by atoms with van der Waals surface area (Å²) in [6.45, 7) is 1.48. The highest BCUT2D eigenvalue weighted by Gasteiger charge is 2.25. The average molecular weight is 325 g/mol. The number of hydrogen-bond donors (Lipinski definition) is 1. The third-order valence-electron chi connectivity index (χ3n) is 3.97. The fourth-order valence-electron chi connectivity index (χ4n) is 2.75. The molecule has 2 amide bonds. The Kier molecular flexibility index (Phi) is 4.86. The zero-order valence-electron chi connectivity index (χ0n) is 13.5. The Hall–Kier alpha value is -2.73. The molecule has 0 aliphatic carbocycles. The SMILES string of the molecule is COCCNC(=O)c1cncc(C(=O)N2CCc3ccccc32)c1. The van der Waals surface area contributed by atoms with Crippen molar-refractivity contribution in [3.05, 3.63) is 59.4 Å². The third kappa shape index (κ3) is 3.28. The molecule has 0 spiro atoms. The molecule has 1 aromatic carbocycles. The van der Waals surface area contributed by atoms with E-state index in [-0.39, 0.29) is 11.8 Å². The average Bonchev–Trinajstić information content (AvgIpc) is 3.05. The molecule has 0 fully saturated rings. The first-order chi connectivity index (χ1) is 11.7. The number of benzene rings is 1. The van der Waals surface area contributed by atoms with Crippen LogP contribution >= 0.6 is 0 Å². The lowest BCUT2D eigenvalue weighted by Gasteiger charge is -2.17. The van der Waals surface area contributed by atoms with E-state index in [0.717, 1.165) is 17.7 Å². The molecule has 3 rings (SSSR count). The molecule has 0 saturated carbocycles. The first-order valence-corrected chi connectivity index (χ1v) is 7.82. The summed E-state index contributed by atoms with van der Waals surface area (Å²) in [6, 6.07) is 9.44. The highest BCUT2D eigenvalue weighted by Crippen LogP contribution is 2.28. The lowest BCUT2D eigenvalue weighted by Crippen LogP contribution is -2.30. The molecule has 0 atom stereocenters. The van der Waals surface area contributed by atoms with Gasteiger partial charge in [0.2, 0.25) is 0 Å². The third-order valence-corrected chi connectivity index (χ3v) is 3.97. The van der Waals surface area contributed by atoms with Crippen molar-refractivity contribution >= 4 is 17.5 Å². The van der Waals surface area contributed by atoms with Gasteiger partial charge >= 0.3 is 0 Å². The van der Waals surface area contributed by atoms with E-state index < -0.39 is 0 Å². The van der Waals surface area contributed by atoms with Gasteiger partial charge in [0, 0.05) is 38.3 Å². The molecule has 124 valence electrons. The number of rotatable bonds is 5. The summed E-state index contributed by atoms with van der Waals surface area (Å²) in [5, 5.41) is 2.72. The van der Waals surface area contributed by atoms with Gasteiger partial charge in [-0.1, -0.05) is 18.2 Å². The molecule has 2 aromatic rings. The van der Waals surface area contributed by atoms with Crippen molar-refractivity contribution in [2.45, 2.75) is 6.42 Å². The second-order valence-corrected chi connectivity index (χ2v) is 5.55. The lowest BCUT2D eigenvalue weighted by molar-refractivity contribution is 0.0936. The molecule has 24 heavy (non-hydrogen) atoms. The van der Waals surface area contributed by atoms with E-state index >= 15 is 0 Å². The molecule has 1 aliphatic heterocycles. The highest BCUT2D eigenvalue weighted by molar-refractivity contribution is 6.08. The van der Waals surface area contributed by atoms with Gasteiger partial charge in [-0.15, -0.1) is 0 Å². The number of pyridine rings is 1. The van der Waals surface area contributed by atoms with Crippen molar-refractivity contribution in [2.24, 2.45) is 0 Å². The monoisotopic (exact) mass is 325 g/mol. The van der Waals surface area contributed by atoms with Crippen LogP contribution in [0.2, 0.25) is 0 Å². The Morgan fingerprint density at radius 3 is 2.88 bits per heavy atom. The van der Waals surface area contributed by atoms with Crippen LogP contribution in [-0.2, 0) is 11.2 Å². The number of ether oxygens (including phenoxy) is 1. The maximum Gasteiger partial charge on any atom is 0.259 e. The Bertz CT molecular complexity index is 761. The molecule has 0 radical (unpaired) electrons. The van der Waals surface area contributed by atoms with E-state index in [1.54, 1.807) is 18.1 Å². The van der Waals surface area contributed by atoms with Crippen molar-refractivity contribution in [1.29, 1.82) is 0 Å². The fourth-order valence-corrected chi connectivity index (χ4v) is 2.75. The number of nitrogens with zero attached hydrogens (tertiary/aromatic N) is 2. The number of para-hydroxylation sites is 1. The van der Waals surface area contributed by atoms with Crippen LogP contribution in [0.4, 0.5) is 5.69 Å². The first-order valence-electron chi connectivity index (χ1n) is 7.82. The van der Waals surface area contributed by atoms with Crippen LogP contribution < -0.4 is 10.2 Å². The van der Waals surface area contributed by atoms with Crippen molar-refractivity contribution in [3.63, 3.8) is 0 Å². The van der Waals surface area contributed by atoms with Crippen molar-refractivity contribution in [1.82, 2.24) is 10.3 Å². The molecule has 1 aromatic heterocycles. The maximum absolute atomic E-state index is 12.8. The summed E-state index contributed by atoms with van der Waals surface area (Å²) in [5.41, 5.74) is 2.86. The van der Waals surface area contributed by atoms with Crippen LogP contribution in [-0.4, -0.2) is 43.6 Å². The standard InChI is InChI=1S/C18H19N3O3/c1-24-9-7-20-17(22)14-10-15(12-19-11-14)18(23)21-8-6-13-4-2-3-5-16(13)21/h2-5,10-12H,6-9H2,1H3,(H,20,22). The molecule has 2 heterocycles. The number of carbonyl (C=O) groups excluding carboxylic acids is 2. The summed E-state index contributed by atoms with van der Waals surface area (Å²) in [7, 11) is 1.57. The van der Waals surface area contributed by atoms with Crippen molar-refractivity contribution < 1.29 is 14.3 Å². The zero-order valence-corrected chi connectivity index (χ0v) is 13.5. The van der Waals surface area contributed by atoms with Gasteiger partial charge in [-0.25, -0.2) is 0 Å². The Labute approximate surface area is 140 Å². The number of fused-ring (bicyclic) bond motifs is 1. The van der Waals surface area contributed by atoms with E-state index in [1.165, 1.54) is 12.4 Å². The molecule has 1 aliphatic rings. The minimum atomic E-state index is -0.268. The lowest BCUT2D eigenvalue weighted by atomic mass is 10.1. The van der Waals surface area contributed by atoms with E-state index in [0.29, 0.717) is 30.8 Å². The minimum absolute atomic E-state index is 0.140. The molecule has 6 heteroatoms. The van der Waals surface area contributed by atoms with E-state index in [9.17, 15) is 9.59 Å². The van der Waals surface area contributed by atoms with Crippen LogP contribution in [0.25, 0.3) is 0 Å². The van der Waals surface area contributed by atoms with E-state index in [1.807, 2.05) is 24.3 Å². The van der Waals surface area contributed by atoms with Crippen LogP contribution in [0, 0.1) is 0 Å². The molecule has 0 saturated heterocycles. The van der Waals surface area contributed by atoms with Gasteiger partial charge < -0.3 is 15.0 Å². The molecule has 0 unspecified atom stereocenters. The van der Waals surface area contributed by atoms with Crippen LogP contribution in [0.1, 0.15) is 26.3 Å². The Morgan fingerprint density at radius 1 is 1.25 bits per heavy atom. The predicted molar refractivity (Wildman–Crippen MR) is 90.3 cm³/mol. The number of aromatic nitrogens is 1.